The van der Waals surface area contributed by atoms with E-state index in [2.05, 4.69) is 18.1 Å². The molecule has 0 bridgehead atoms. The molecule has 0 spiro atoms. The topological polar surface area (TPSA) is 59.0 Å². The van der Waals surface area contributed by atoms with Crippen molar-refractivity contribution in [3.05, 3.63) is 60.2 Å². The lowest BCUT2D eigenvalue weighted by molar-refractivity contribution is 0.304. The van der Waals surface area contributed by atoms with E-state index in [1.165, 1.54) is 32.1 Å². The molecular formula is C24H26N2O2. The van der Waals surface area contributed by atoms with Crippen LogP contribution in [-0.2, 0) is 0 Å². The molecule has 3 aromatic rings. The number of nitrogens with zero attached hydrogens (tertiary/aromatic N) is 2. The van der Waals surface area contributed by atoms with E-state index in [9.17, 15) is 0 Å². The van der Waals surface area contributed by atoms with E-state index in [0.29, 0.717) is 11.3 Å². The normalized spacial score (nSPS) is 10.6. The smallest absolute Gasteiger partial charge is 0.167 e. The fourth-order valence-electron chi connectivity index (χ4n) is 3.05. The fraction of sp³-hybridized carbons (Fsp3) is 0.333. The highest BCUT2D eigenvalue weighted by atomic mass is 16.5. The summed E-state index contributed by atoms with van der Waals surface area (Å²) < 4.78 is 11.3. The Labute approximate surface area is 166 Å². The maximum atomic E-state index is 8.89. The number of rotatable bonds is 10. The van der Waals surface area contributed by atoms with Crippen molar-refractivity contribution < 1.29 is 9.26 Å². The first-order valence-electron chi connectivity index (χ1n) is 10.0. The van der Waals surface area contributed by atoms with E-state index < -0.39 is 0 Å². The van der Waals surface area contributed by atoms with Crippen LogP contribution >= 0.6 is 0 Å². The molecule has 144 valence electrons. The second-order valence-electron chi connectivity index (χ2n) is 6.91. The van der Waals surface area contributed by atoms with Gasteiger partial charge < -0.3 is 9.26 Å². The molecule has 0 aliphatic heterocycles. The summed E-state index contributed by atoms with van der Waals surface area (Å²) in [6.45, 7) is 3.00. The van der Waals surface area contributed by atoms with Crippen molar-refractivity contribution in [1.29, 1.82) is 5.26 Å². The maximum absolute atomic E-state index is 8.89. The summed E-state index contributed by atoms with van der Waals surface area (Å²) in [5.74, 6) is 1.57. The Morgan fingerprint density at radius 2 is 1.57 bits per heavy atom. The predicted octanol–water partition coefficient (Wildman–Crippen LogP) is 6.62. The van der Waals surface area contributed by atoms with Gasteiger partial charge in [0.1, 0.15) is 11.4 Å². The monoisotopic (exact) mass is 374 g/mol. The van der Waals surface area contributed by atoms with Gasteiger partial charge in [-0.3, -0.25) is 0 Å². The van der Waals surface area contributed by atoms with E-state index in [1.54, 1.807) is 12.1 Å². The highest BCUT2D eigenvalue weighted by Crippen LogP contribution is 2.27. The van der Waals surface area contributed by atoms with Crippen molar-refractivity contribution >= 4 is 0 Å². The molecule has 3 rings (SSSR count). The minimum absolute atomic E-state index is 0.625. The van der Waals surface area contributed by atoms with Crippen molar-refractivity contribution in [3.8, 4) is 34.4 Å². The van der Waals surface area contributed by atoms with Gasteiger partial charge in [-0.2, -0.15) is 5.26 Å². The Bertz CT molecular complexity index is 890. The van der Waals surface area contributed by atoms with Crippen LogP contribution in [0.15, 0.2) is 59.1 Å². The summed E-state index contributed by atoms with van der Waals surface area (Å²) in [5.41, 5.74) is 3.29. The van der Waals surface area contributed by atoms with Gasteiger partial charge in [0.25, 0.3) is 0 Å². The lowest BCUT2D eigenvalue weighted by atomic mass is 10.1. The molecule has 1 heterocycles. The first-order chi connectivity index (χ1) is 13.8. The van der Waals surface area contributed by atoms with Crippen LogP contribution in [0, 0.1) is 11.3 Å². The second-order valence-corrected chi connectivity index (χ2v) is 6.91. The van der Waals surface area contributed by atoms with Gasteiger partial charge in [-0.15, -0.1) is 0 Å². The largest absolute Gasteiger partial charge is 0.494 e. The second kappa shape index (κ2) is 10.3. The number of hydrogen-bond acceptors (Lipinski definition) is 4. The fourth-order valence-corrected chi connectivity index (χ4v) is 3.05. The average molecular weight is 374 g/mol. The van der Waals surface area contributed by atoms with E-state index in [0.717, 1.165) is 35.6 Å². The summed E-state index contributed by atoms with van der Waals surface area (Å²) in [7, 11) is 0. The van der Waals surface area contributed by atoms with Crippen LogP contribution in [0.2, 0.25) is 0 Å². The van der Waals surface area contributed by atoms with Crippen molar-refractivity contribution in [2.45, 2.75) is 45.4 Å². The van der Waals surface area contributed by atoms with Gasteiger partial charge in [-0.1, -0.05) is 44.2 Å². The van der Waals surface area contributed by atoms with Gasteiger partial charge in [0, 0.05) is 17.2 Å². The lowest BCUT2D eigenvalue weighted by Crippen LogP contribution is -1.97. The molecule has 1 aromatic heterocycles. The molecule has 0 saturated heterocycles. The van der Waals surface area contributed by atoms with Crippen LogP contribution in [0.3, 0.4) is 0 Å². The SMILES string of the molecule is CCCCCCCCOc1ccc(-c2cc(-c3ccc(C#N)cc3)on2)cc1. The average Bonchev–Trinajstić information content (AvgIpc) is 3.24. The number of benzene rings is 2. The molecule has 0 unspecified atom stereocenters. The molecule has 0 aliphatic rings. The Morgan fingerprint density at radius 1 is 0.893 bits per heavy atom. The molecule has 0 amide bonds. The summed E-state index contributed by atoms with van der Waals surface area (Å²) in [5, 5.41) is 13.1. The zero-order valence-electron chi connectivity index (χ0n) is 16.4. The summed E-state index contributed by atoms with van der Waals surface area (Å²) in [6.07, 6.45) is 7.57. The number of unbranched alkanes of at least 4 members (excludes halogenated alkanes) is 5. The number of hydrogen-bond donors (Lipinski definition) is 0. The van der Waals surface area contributed by atoms with Gasteiger partial charge in [0.2, 0.25) is 0 Å². The molecule has 28 heavy (non-hydrogen) atoms. The van der Waals surface area contributed by atoms with Gasteiger partial charge in [0.15, 0.2) is 5.76 Å². The van der Waals surface area contributed by atoms with Crippen LogP contribution in [-0.4, -0.2) is 11.8 Å². The minimum Gasteiger partial charge on any atom is -0.494 e. The van der Waals surface area contributed by atoms with Crippen molar-refractivity contribution in [3.63, 3.8) is 0 Å². The minimum atomic E-state index is 0.625. The Morgan fingerprint density at radius 3 is 2.29 bits per heavy atom. The number of ether oxygens (including phenoxy) is 1. The Kier molecular flexibility index (Phi) is 7.26. The molecule has 2 aromatic carbocycles. The van der Waals surface area contributed by atoms with Gasteiger partial charge in [-0.05, 0) is 55.0 Å². The van der Waals surface area contributed by atoms with Gasteiger partial charge in [0.05, 0.1) is 18.2 Å². The van der Waals surface area contributed by atoms with Crippen LogP contribution < -0.4 is 4.74 Å². The summed E-state index contributed by atoms with van der Waals surface area (Å²) in [6, 6.07) is 19.2. The molecule has 4 nitrogen and oxygen atoms in total. The number of aromatic nitrogens is 1. The molecule has 0 fully saturated rings. The summed E-state index contributed by atoms with van der Waals surface area (Å²) >= 11 is 0. The Balaban J connectivity index is 1.52. The van der Waals surface area contributed by atoms with Crippen molar-refractivity contribution in [2.75, 3.05) is 6.61 Å². The van der Waals surface area contributed by atoms with Gasteiger partial charge in [-0.25, -0.2) is 0 Å². The highest BCUT2D eigenvalue weighted by molar-refractivity contribution is 5.67. The van der Waals surface area contributed by atoms with E-state index >= 15 is 0 Å². The van der Waals surface area contributed by atoms with Crippen LogP contribution in [0.5, 0.6) is 5.75 Å². The molecule has 4 heteroatoms. The standard InChI is InChI=1S/C24H26N2O2/c1-2-3-4-5-6-7-16-27-22-14-12-20(13-15-22)23-17-24(28-26-23)21-10-8-19(18-25)9-11-21/h8-15,17H,2-7,16H2,1H3. The molecule has 0 aliphatic carbocycles. The maximum Gasteiger partial charge on any atom is 0.167 e. The third-order valence-electron chi connectivity index (χ3n) is 4.73. The van der Waals surface area contributed by atoms with E-state index in [-0.39, 0.29) is 0 Å². The van der Waals surface area contributed by atoms with E-state index in [4.69, 9.17) is 14.5 Å². The molecule has 0 N–H and O–H groups in total. The zero-order valence-corrected chi connectivity index (χ0v) is 16.4. The highest BCUT2D eigenvalue weighted by Gasteiger charge is 2.09. The molecule has 0 saturated carbocycles. The van der Waals surface area contributed by atoms with E-state index in [1.807, 2.05) is 42.5 Å². The van der Waals surface area contributed by atoms with Crippen molar-refractivity contribution in [1.82, 2.24) is 5.16 Å². The molecule has 0 radical (unpaired) electrons. The van der Waals surface area contributed by atoms with Crippen LogP contribution in [0.4, 0.5) is 0 Å². The molecular weight excluding hydrogens is 348 g/mol. The first-order valence-corrected chi connectivity index (χ1v) is 10.0. The van der Waals surface area contributed by atoms with Crippen LogP contribution in [0.1, 0.15) is 51.0 Å². The zero-order chi connectivity index (χ0) is 19.6. The van der Waals surface area contributed by atoms with Crippen LogP contribution in [0.25, 0.3) is 22.6 Å². The quantitative estimate of drug-likeness (QED) is 0.374. The van der Waals surface area contributed by atoms with Crippen molar-refractivity contribution in [2.24, 2.45) is 0 Å². The third-order valence-corrected chi connectivity index (χ3v) is 4.73. The molecule has 0 atom stereocenters. The first kappa shape index (κ1) is 19.7. The lowest BCUT2D eigenvalue weighted by Gasteiger charge is -2.06. The summed E-state index contributed by atoms with van der Waals surface area (Å²) in [4.78, 5) is 0. The Hall–Kier alpha value is -3.06. The predicted molar refractivity (Wildman–Crippen MR) is 111 cm³/mol. The van der Waals surface area contributed by atoms with Gasteiger partial charge >= 0.3 is 0 Å². The third kappa shape index (κ3) is 5.47. The number of nitriles is 1.